The number of carbonyl (C=O) groups excluding carboxylic acids is 1. The molecule has 5 nitrogen and oxygen atoms in total. The first-order valence-corrected chi connectivity index (χ1v) is 7.93. The van der Waals surface area contributed by atoms with Gasteiger partial charge in [0.15, 0.2) is 0 Å². The molecule has 128 valence electrons. The third-order valence-corrected chi connectivity index (χ3v) is 3.62. The number of hydrogen-bond acceptors (Lipinski definition) is 4. The summed E-state index contributed by atoms with van der Waals surface area (Å²) in [5.41, 5.74) is 3.95. The van der Waals surface area contributed by atoms with Crippen molar-refractivity contribution < 1.29 is 14.6 Å². The lowest BCUT2D eigenvalue weighted by Crippen LogP contribution is -2.34. The van der Waals surface area contributed by atoms with Crippen LogP contribution in [0.5, 0.6) is 0 Å². The molecule has 1 atom stereocenters. The lowest BCUT2D eigenvalue weighted by molar-refractivity contribution is 0.0610. The molecule has 2 aromatic carbocycles. The van der Waals surface area contributed by atoms with Crippen molar-refractivity contribution >= 4 is 11.6 Å². The van der Waals surface area contributed by atoms with Gasteiger partial charge in [-0.05, 0) is 36.8 Å². The third kappa shape index (κ3) is 5.68. The summed E-state index contributed by atoms with van der Waals surface area (Å²) in [6, 6.07) is 15.6. The molecule has 0 aromatic heterocycles. The van der Waals surface area contributed by atoms with Crippen LogP contribution in [0.1, 0.15) is 21.5 Å². The van der Waals surface area contributed by atoms with Gasteiger partial charge in [-0.25, -0.2) is 0 Å². The zero-order valence-electron chi connectivity index (χ0n) is 14.1. The van der Waals surface area contributed by atoms with E-state index in [0.29, 0.717) is 12.1 Å². The molecule has 0 fully saturated rings. The van der Waals surface area contributed by atoms with Crippen molar-refractivity contribution in [3.05, 3.63) is 65.2 Å². The van der Waals surface area contributed by atoms with Crippen LogP contribution in [-0.2, 0) is 11.3 Å². The van der Waals surface area contributed by atoms with Crippen LogP contribution in [0.3, 0.4) is 0 Å². The molecule has 2 rings (SSSR count). The minimum Gasteiger partial charge on any atom is -0.389 e. The number of benzene rings is 2. The monoisotopic (exact) mass is 328 g/mol. The number of amides is 1. The predicted octanol–water partition coefficient (Wildman–Crippen LogP) is 2.34. The normalized spacial score (nSPS) is 11.8. The highest BCUT2D eigenvalue weighted by Crippen LogP contribution is 2.11. The Morgan fingerprint density at radius 1 is 1.12 bits per heavy atom. The smallest absolute Gasteiger partial charge is 0.251 e. The van der Waals surface area contributed by atoms with E-state index in [2.05, 4.69) is 29.7 Å². The summed E-state index contributed by atoms with van der Waals surface area (Å²) in [6.07, 6.45) is -0.697. The molecular formula is C19H24N2O3. The fourth-order valence-corrected chi connectivity index (χ4v) is 2.21. The van der Waals surface area contributed by atoms with Gasteiger partial charge in [0.1, 0.15) is 0 Å². The van der Waals surface area contributed by atoms with Crippen LogP contribution in [0, 0.1) is 6.92 Å². The maximum atomic E-state index is 12.0. The van der Waals surface area contributed by atoms with Crippen molar-refractivity contribution in [3.63, 3.8) is 0 Å². The van der Waals surface area contributed by atoms with E-state index >= 15 is 0 Å². The van der Waals surface area contributed by atoms with E-state index in [0.717, 1.165) is 11.3 Å². The SMILES string of the molecule is COC[C@@H](O)CNC(=O)c1ccc(CNc2ccc(C)cc2)cc1. The molecular weight excluding hydrogens is 304 g/mol. The van der Waals surface area contributed by atoms with Crippen LogP contribution in [0.25, 0.3) is 0 Å². The van der Waals surface area contributed by atoms with E-state index in [-0.39, 0.29) is 19.1 Å². The Kier molecular flexibility index (Phi) is 6.78. The van der Waals surface area contributed by atoms with Gasteiger partial charge in [-0.2, -0.15) is 0 Å². The fourth-order valence-electron chi connectivity index (χ4n) is 2.21. The zero-order chi connectivity index (χ0) is 17.4. The molecule has 0 heterocycles. The zero-order valence-corrected chi connectivity index (χ0v) is 14.1. The first kappa shape index (κ1) is 18.0. The number of carbonyl (C=O) groups is 1. The molecule has 0 bridgehead atoms. The second-order valence-electron chi connectivity index (χ2n) is 5.74. The highest BCUT2D eigenvalue weighted by Gasteiger charge is 2.08. The molecule has 24 heavy (non-hydrogen) atoms. The minimum atomic E-state index is -0.697. The van der Waals surface area contributed by atoms with Crippen LogP contribution in [0.15, 0.2) is 48.5 Å². The Hall–Kier alpha value is -2.37. The maximum Gasteiger partial charge on any atom is 0.251 e. The minimum absolute atomic E-state index is 0.170. The van der Waals surface area contributed by atoms with Crippen LogP contribution in [-0.4, -0.2) is 37.4 Å². The number of hydrogen-bond donors (Lipinski definition) is 3. The van der Waals surface area contributed by atoms with Gasteiger partial charge in [-0.1, -0.05) is 29.8 Å². The van der Waals surface area contributed by atoms with Gasteiger partial charge in [-0.15, -0.1) is 0 Å². The van der Waals surface area contributed by atoms with Gasteiger partial charge in [0.25, 0.3) is 5.91 Å². The quantitative estimate of drug-likeness (QED) is 0.696. The number of rotatable bonds is 8. The molecule has 3 N–H and O–H groups in total. The van der Waals surface area contributed by atoms with Gasteiger partial charge >= 0.3 is 0 Å². The summed E-state index contributed by atoms with van der Waals surface area (Å²) in [7, 11) is 1.51. The van der Waals surface area contributed by atoms with Crippen LogP contribution < -0.4 is 10.6 Å². The Bertz CT molecular complexity index is 639. The largest absolute Gasteiger partial charge is 0.389 e. The number of nitrogens with one attached hydrogen (secondary N) is 2. The van der Waals surface area contributed by atoms with Gasteiger partial charge < -0.3 is 20.5 Å². The summed E-state index contributed by atoms with van der Waals surface area (Å²) in [6.45, 7) is 3.12. The standard InChI is InChI=1S/C19H24N2O3/c1-14-3-9-17(10-4-14)20-11-15-5-7-16(8-6-15)19(23)21-12-18(22)13-24-2/h3-10,18,20,22H,11-13H2,1-2H3,(H,21,23)/t18-/m0/s1. The Morgan fingerprint density at radius 2 is 1.79 bits per heavy atom. The summed E-state index contributed by atoms with van der Waals surface area (Å²) < 4.78 is 4.82. The average Bonchev–Trinajstić information content (AvgIpc) is 2.60. The lowest BCUT2D eigenvalue weighted by Gasteiger charge is -2.11. The average molecular weight is 328 g/mol. The van der Waals surface area contributed by atoms with E-state index in [1.54, 1.807) is 12.1 Å². The van der Waals surface area contributed by atoms with Crippen LogP contribution >= 0.6 is 0 Å². The predicted molar refractivity (Wildman–Crippen MR) is 95.2 cm³/mol. The van der Waals surface area contributed by atoms with Gasteiger partial charge in [0.2, 0.25) is 0 Å². The van der Waals surface area contributed by atoms with Crippen molar-refractivity contribution in [1.82, 2.24) is 5.32 Å². The van der Waals surface area contributed by atoms with Crippen molar-refractivity contribution in [3.8, 4) is 0 Å². The summed E-state index contributed by atoms with van der Waals surface area (Å²) in [5, 5.41) is 15.6. The maximum absolute atomic E-state index is 12.0. The van der Waals surface area contributed by atoms with Gasteiger partial charge in [0, 0.05) is 31.5 Å². The van der Waals surface area contributed by atoms with Gasteiger partial charge in [0.05, 0.1) is 12.7 Å². The molecule has 1 amide bonds. The molecule has 0 saturated heterocycles. The molecule has 0 aliphatic carbocycles. The van der Waals surface area contributed by atoms with E-state index in [4.69, 9.17) is 4.74 Å². The van der Waals surface area contributed by atoms with Crippen molar-refractivity contribution in [2.45, 2.75) is 19.6 Å². The third-order valence-electron chi connectivity index (χ3n) is 3.62. The van der Waals surface area contributed by atoms with E-state index in [9.17, 15) is 9.90 Å². The molecule has 0 aliphatic heterocycles. The molecule has 2 aromatic rings. The van der Waals surface area contributed by atoms with E-state index in [1.165, 1.54) is 12.7 Å². The lowest BCUT2D eigenvalue weighted by atomic mass is 10.1. The number of ether oxygens (including phenoxy) is 1. The molecule has 0 aliphatic rings. The first-order chi connectivity index (χ1) is 11.6. The molecule has 0 radical (unpaired) electrons. The van der Waals surface area contributed by atoms with Crippen LogP contribution in [0.2, 0.25) is 0 Å². The van der Waals surface area contributed by atoms with Crippen molar-refractivity contribution in [1.29, 1.82) is 0 Å². The number of methoxy groups -OCH3 is 1. The Balaban J connectivity index is 1.83. The molecule has 0 spiro atoms. The highest BCUT2D eigenvalue weighted by atomic mass is 16.5. The van der Waals surface area contributed by atoms with Crippen molar-refractivity contribution in [2.75, 3.05) is 25.6 Å². The fraction of sp³-hybridized carbons (Fsp3) is 0.316. The Labute approximate surface area is 142 Å². The second-order valence-corrected chi connectivity index (χ2v) is 5.74. The Morgan fingerprint density at radius 3 is 2.42 bits per heavy atom. The topological polar surface area (TPSA) is 70.6 Å². The number of aliphatic hydroxyl groups excluding tert-OH is 1. The molecule has 0 saturated carbocycles. The first-order valence-electron chi connectivity index (χ1n) is 7.93. The summed E-state index contributed by atoms with van der Waals surface area (Å²) in [4.78, 5) is 12.0. The highest BCUT2D eigenvalue weighted by molar-refractivity contribution is 5.94. The number of aryl methyl sites for hydroxylation is 1. The molecule has 0 unspecified atom stereocenters. The van der Waals surface area contributed by atoms with E-state index < -0.39 is 6.10 Å². The second kappa shape index (κ2) is 9.05. The summed E-state index contributed by atoms with van der Waals surface area (Å²) >= 11 is 0. The van der Waals surface area contributed by atoms with E-state index in [1.807, 2.05) is 24.3 Å². The number of anilines is 1. The summed E-state index contributed by atoms with van der Waals surface area (Å²) in [5.74, 6) is -0.205. The van der Waals surface area contributed by atoms with Gasteiger partial charge in [-0.3, -0.25) is 4.79 Å². The molecule has 5 heteroatoms. The van der Waals surface area contributed by atoms with Crippen molar-refractivity contribution in [2.24, 2.45) is 0 Å². The van der Waals surface area contributed by atoms with Crippen LogP contribution in [0.4, 0.5) is 5.69 Å². The number of aliphatic hydroxyl groups is 1.